The van der Waals surface area contributed by atoms with E-state index in [1.165, 1.54) is 16.7 Å². The highest BCUT2D eigenvalue weighted by atomic mass is 19.1. The number of hydrogen-bond donors (Lipinski definition) is 0. The number of halogens is 1. The molecule has 2 aromatic rings. The van der Waals surface area contributed by atoms with Crippen LogP contribution in [-0.4, -0.2) is 30.2 Å². The number of likely N-dealkylation sites (N-methyl/N-ethyl adjacent to an activating group) is 1. The first-order valence-corrected chi connectivity index (χ1v) is 9.68. The van der Waals surface area contributed by atoms with E-state index in [4.69, 9.17) is 0 Å². The van der Waals surface area contributed by atoms with Crippen molar-refractivity contribution in [2.24, 2.45) is 0 Å². The first kappa shape index (κ1) is 18.1. The van der Waals surface area contributed by atoms with E-state index in [1.54, 1.807) is 0 Å². The highest BCUT2D eigenvalue weighted by molar-refractivity contribution is 5.30. The van der Waals surface area contributed by atoms with Gasteiger partial charge in [-0.2, -0.15) is 0 Å². The lowest BCUT2D eigenvalue weighted by atomic mass is 10.0. The van der Waals surface area contributed by atoms with E-state index in [1.807, 2.05) is 0 Å². The van der Waals surface area contributed by atoms with Crippen LogP contribution in [0.2, 0.25) is 0 Å². The smallest absolute Gasteiger partial charge is 0.108 e. The van der Waals surface area contributed by atoms with Gasteiger partial charge < -0.3 is 4.90 Å². The molecule has 0 heterocycles. The topological polar surface area (TPSA) is 3.24 Å². The van der Waals surface area contributed by atoms with Crippen LogP contribution in [0.5, 0.6) is 0 Å². The summed E-state index contributed by atoms with van der Waals surface area (Å²) in [5.41, 5.74) is 3.95. The van der Waals surface area contributed by atoms with Crippen molar-refractivity contribution >= 4 is 0 Å². The Morgan fingerprint density at radius 1 is 1.00 bits per heavy atom. The van der Waals surface area contributed by atoms with Gasteiger partial charge in [-0.15, -0.1) is 0 Å². The molecule has 1 aliphatic carbocycles. The van der Waals surface area contributed by atoms with Crippen LogP contribution in [0.1, 0.15) is 49.3 Å². The van der Waals surface area contributed by atoms with E-state index in [9.17, 15) is 4.39 Å². The average Bonchev–Trinajstić information content (AvgIpc) is 3.38. The van der Waals surface area contributed by atoms with Crippen molar-refractivity contribution in [1.29, 1.82) is 0 Å². The van der Waals surface area contributed by atoms with Gasteiger partial charge in [0.1, 0.15) is 6.17 Å². The number of rotatable bonds is 9. The molecule has 1 aliphatic rings. The fourth-order valence-corrected chi connectivity index (χ4v) is 3.61. The van der Waals surface area contributed by atoms with Crippen LogP contribution in [-0.2, 0) is 12.8 Å². The summed E-state index contributed by atoms with van der Waals surface area (Å²) in [5, 5.41) is 0. The molecule has 1 nitrogen and oxygen atoms in total. The summed E-state index contributed by atoms with van der Waals surface area (Å²) >= 11 is 0. The Hall–Kier alpha value is -1.67. The minimum absolute atomic E-state index is 0.168. The Morgan fingerprint density at radius 3 is 2.24 bits per heavy atom. The molecule has 1 fully saturated rings. The summed E-state index contributed by atoms with van der Waals surface area (Å²) in [6, 6.07) is 19.9. The lowest BCUT2D eigenvalue weighted by Crippen LogP contribution is -2.35. The maximum atomic E-state index is 13.1. The molecule has 0 spiro atoms. The van der Waals surface area contributed by atoms with Crippen molar-refractivity contribution in [2.75, 3.05) is 13.1 Å². The van der Waals surface area contributed by atoms with E-state index in [0.29, 0.717) is 12.5 Å². The highest BCUT2D eigenvalue weighted by Gasteiger charge is 2.38. The van der Waals surface area contributed by atoms with Gasteiger partial charge in [-0.25, -0.2) is 4.39 Å². The quantitative estimate of drug-likeness (QED) is 0.591. The van der Waals surface area contributed by atoms with Gasteiger partial charge in [0.25, 0.3) is 0 Å². The van der Waals surface area contributed by atoms with Gasteiger partial charge in [-0.3, -0.25) is 0 Å². The second kappa shape index (κ2) is 8.62. The van der Waals surface area contributed by atoms with Crippen LogP contribution in [0.25, 0.3) is 0 Å². The second-order valence-electron chi connectivity index (χ2n) is 7.35. The third kappa shape index (κ3) is 5.15. The summed E-state index contributed by atoms with van der Waals surface area (Å²) < 4.78 is 13.1. The third-order valence-electron chi connectivity index (χ3n) is 5.53. The van der Waals surface area contributed by atoms with Gasteiger partial charge in [-0.05, 0) is 55.8 Å². The standard InChI is InChI=1S/C23H30FN/c1-3-25(16-15-19-7-5-4-6-8-19)18(2)9-10-20-11-13-21(14-12-20)22-17-23(22)24/h4-8,11-14,18,22-23H,3,9-10,15-17H2,1-2H3. The normalized spacial score (nSPS) is 20.6. The molecule has 134 valence electrons. The van der Waals surface area contributed by atoms with Crippen molar-refractivity contribution in [2.45, 2.75) is 57.7 Å². The van der Waals surface area contributed by atoms with Crippen LogP contribution < -0.4 is 0 Å². The second-order valence-corrected chi connectivity index (χ2v) is 7.35. The number of hydrogen-bond acceptors (Lipinski definition) is 1. The van der Waals surface area contributed by atoms with Gasteiger partial charge in [0.05, 0.1) is 0 Å². The number of alkyl halides is 1. The van der Waals surface area contributed by atoms with E-state index in [0.717, 1.165) is 32.4 Å². The molecule has 2 aromatic carbocycles. The van der Waals surface area contributed by atoms with Crippen LogP contribution >= 0.6 is 0 Å². The molecule has 0 aromatic heterocycles. The van der Waals surface area contributed by atoms with Crippen molar-refractivity contribution in [3.05, 3.63) is 71.3 Å². The minimum atomic E-state index is -0.603. The van der Waals surface area contributed by atoms with Crippen molar-refractivity contribution in [3.8, 4) is 0 Å². The van der Waals surface area contributed by atoms with Gasteiger partial charge in [-0.1, -0.05) is 61.5 Å². The van der Waals surface area contributed by atoms with Crippen molar-refractivity contribution < 1.29 is 4.39 Å². The van der Waals surface area contributed by atoms with E-state index < -0.39 is 6.17 Å². The van der Waals surface area contributed by atoms with E-state index in [-0.39, 0.29) is 5.92 Å². The molecule has 25 heavy (non-hydrogen) atoms. The molecule has 0 N–H and O–H groups in total. The zero-order chi connectivity index (χ0) is 17.6. The molecule has 3 unspecified atom stereocenters. The summed E-state index contributed by atoms with van der Waals surface area (Å²) in [5.74, 6) is 0.168. The Kier molecular flexibility index (Phi) is 6.25. The molecule has 1 saturated carbocycles. The lowest BCUT2D eigenvalue weighted by Gasteiger charge is -2.28. The predicted octanol–water partition coefficient (Wildman–Crippen LogP) is 5.40. The predicted molar refractivity (Wildman–Crippen MR) is 104 cm³/mol. The fourth-order valence-electron chi connectivity index (χ4n) is 3.61. The molecular formula is C23H30FN. The first-order chi connectivity index (χ1) is 12.2. The Morgan fingerprint density at radius 2 is 1.64 bits per heavy atom. The minimum Gasteiger partial charge on any atom is -0.301 e. The SMILES string of the molecule is CCN(CCc1ccccc1)C(C)CCc1ccc(C2CC2F)cc1. The number of benzene rings is 2. The molecule has 0 radical (unpaired) electrons. The molecule has 0 amide bonds. The maximum absolute atomic E-state index is 13.1. The molecule has 2 heteroatoms. The van der Waals surface area contributed by atoms with Crippen molar-refractivity contribution in [3.63, 3.8) is 0 Å². The maximum Gasteiger partial charge on any atom is 0.108 e. The third-order valence-corrected chi connectivity index (χ3v) is 5.53. The van der Waals surface area contributed by atoms with Gasteiger partial charge in [0, 0.05) is 18.5 Å². The molecule has 3 atom stereocenters. The van der Waals surface area contributed by atoms with E-state index in [2.05, 4.69) is 73.3 Å². The Labute approximate surface area is 151 Å². The fraction of sp³-hybridized carbons (Fsp3) is 0.478. The van der Waals surface area contributed by atoms with E-state index >= 15 is 0 Å². The van der Waals surface area contributed by atoms with Crippen LogP contribution in [0.4, 0.5) is 4.39 Å². The first-order valence-electron chi connectivity index (χ1n) is 9.68. The van der Waals surface area contributed by atoms with Crippen LogP contribution in [0, 0.1) is 0 Å². The molecule has 3 rings (SSSR count). The Balaban J connectivity index is 1.45. The average molecular weight is 339 g/mol. The summed E-state index contributed by atoms with van der Waals surface area (Å²) in [6.07, 6.45) is 3.47. The largest absolute Gasteiger partial charge is 0.301 e. The molecular weight excluding hydrogens is 309 g/mol. The van der Waals surface area contributed by atoms with Gasteiger partial charge in [0.15, 0.2) is 0 Å². The summed E-state index contributed by atoms with van der Waals surface area (Å²) in [7, 11) is 0. The number of nitrogens with zero attached hydrogens (tertiary/aromatic N) is 1. The number of aryl methyl sites for hydroxylation is 1. The van der Waals surface area contributed by atoms with Crippen molar-refractivity contribution in [1.82, 2.24) is 4.90 Å². The van der Waals surface area contributed by atoms with Gasteiger partial charge >= 0.3 is 0 Å². The zero-order valence-electron chi connectivity index (χ0n) is 15.5. The van der Waals surface area contributed by atoms with Crippen LogP contribution in [0.3, 0.4) is 0 Å². The Bertz CT molecular complexity index is 637. The van der Waals surface area contributed by atoms with Crippen LogP contribution in [0.15, 0.2) is 54.6 Å². The highest BCUT2D eigenvalue weighted by Crippen LogP contribution is 2.43. The van der Waals surface area contributed by atoms with Gasteiger partial charge in [0.2, 0.25) is 0 Å². The lowest BCUT2D eigenvalue weighted by molar-refractivity contribution is 0.212. The molecule has 0 bridgehead atoms. The zero-order valence-corrected chi connectivity index (χ0v) is 15.5. The summed E-state index contributed by atoms with van der Waals surface area (Å²) in [6.45, 7) is 6.78. The molecule has 0 saturated heterocycles. The molecule has 0 aliphatic heterocycles. The summed E-state index contributed by atoms with van der Waals surface area (Å²) in [4.78, 5) is 2.57. The monoisotopic (exact) mass is 339 g/mol.